The Labute approximate surface area is 182 Å². The first-order valence-electron chi connectivity index (χ1n) is 8.12. The van der Waals surface area contributed by atoms with Crippen molar-refractivity contribution in [2.24, 2.45) is 0 Å². The van der Waals surface area contributed by atoms with Gasteiger partial charge in [0.15, 0.2) is 0 Å². The summed E-state index contributed by atoms with van der Waals surface area (Å²) < 4.78 is 40.2. The minimum atomic E-state index is -4.61. The fraction of sp³-hybridized carbons (Fsp3) is 0.105. The maximum Gasteiger partial charge on any atom is 0.418 e. The lowest BCUT2D eigenvalue weighted by Gasteiger charge is -2.16. The molecule has 1 saturated heterocycles. The van der Waals surface area contributed by atoms with Crippen LogP contribution in [-0.4, -0.2) is 27.6 Å². The number of carbonyl (C=O) groups excluding carboxylic acids is 2. The lowest BCUT2D eigenvalue weighted by atomic mass is 10.1. The summed E-state index contributed by atoms with van der Waals surface area (Å²) in [6.07, 6.45) is -2.97. The van der Waals surface area contributed by atoms with E-state index in [0.29, 0.717) is 4.91 Å². The molecule has 2 aromatic carbocycles. The van der Waals surface area contributed by atoms with Gasteiger partial charge in [0.05, 0.1) is 16.2 Å². The molecule has 0 radical (unpaired) electrons. The van der Waals surface area contributed by atoms with Crippen LogP contribution in [0.15, 0.2) is 57.9 Å². The second kappa shape index (κ2) is 8.68. The Morgan fingerprint density at radius 3 is 2.48 bits per heavy atom. The van der Waals surface area contributed by atoms with Gasteiger partial charge in [0.2, 0.25) is 5.91 Å². The zero-order valence-electron chi connectivity index (χ0n) is 14.5. The van der Waals surface area contributed by atoms with Crippen LogP contribution in [0.5, 0.6) is 0 Å². The predicted octanol–water partition coefficient (Wildman–Crippen LogP) is 5.31. The lowest BCUT2D eigenvalue weighted by molar-refractivity contribution is -0.137. The lowest BCUT2D eigenvalue weighted by Crippen LogP contribution is -2.36. The van der Waals surface area contributed by atoms with Crippen LogP contribution in [0.3, 0.4) is 0 Å². The number of carbonyl (C=O) groups is 2. The Kier molecular flexibility index (Phi) is 6.45. The molecule has 0 aromatic heterocycles. The summed E-state index contributed by atoms with van der Waals surface area (Å²) >= 11 is 9.52. The number of amides is 2. The summed E-state index contributed by atoms with van der Waals surface area (Å²) in [4.78, 5) is 26.3. The highest BCUT2D eigenvalue weighted by Crippen LogP contribution is 2.35. The average molecular weight is 501 g/mol. The van der Waals surface area contributed by atoms with Crippen LogP contribution in [0.4, 0.5) is 18.9 Å². The Morgan fingerprint density at radius 2 is 1.83 bits per heavy atom. The molecule has 2 amide bonds. The van der Waals surface area contributed by atoms with Gasteiger partial charge in [-0.25, -0.2) is 0 Å². The molecule has 10 heteroatoms. The van der Waals surface area contributed by atoms with Crippen LogP contribution >= 0.6 is 39.9 Å². The van der Waals surface area contributed by atoms with Gasteiger partial charge in [-0.15, -0.1) is 0 Å². The number of anilines is 1. The molecule has 1 aliphatic heterocycles. The van der Waals surface area contributed by atoms with Gasteiger partial charge in [0.1, 0.15) is 10.9 Å². The van der Waals surface area contributed by atoms with Gasteiger partial charge in [0.25, 0.3) is 5.91 Å². The molecule has 2 aromatic rings. The number of halogens is 4. The van der Waals surface area contributed by atoms with E-state index in [1.165, 1.54) is 12.1 Å². The molecule has 29 heavy (non-hydrogen) atoms. The molecule has 150 valence electrons. The predicted molar refractivity (Wildman–Crippen MR) is 114 cm³/mol. The zero-order chi connectivity index (χ0) is 21.2. The first-order chi connectivity index (χ1) is 13.6. The highest BCUT2D eigenvalue weighted by atomic mass is 79.9. The highest BCUT2D eigenvalue weighted by Gasteiger charge is 2.35. The van der Waals surface area contributed by atoms with Gasteiger partial charge in [-0.05, 0) is 35.9 Å². The van der Waals surface area contributed by atoms with E-state index in [9.17, 15) is 22.8 Å². The van der Waals surface area contributed by atoms with Crippen LogP contribution in [-0.2, 0) is 15.8 Å². The van der Waals surface area contributed by atoms with Gasteiger partial charge in [-0.1, -0.05) is 64.2 Å². The molecule has 3 rings (SSSR count). The number of nitrogens with zero attached hydrogens (tertiary/aromatic N) is 1. The molecular formula is C19H12BrF3N2O2S2. The van der Waals surface area contributed by atoms with E-state index in [1.54, 1.807) is 18.2 Å². The number of hydrogen-bond donors (Lipinski definition) is 1. The number of rotatable bonds is 4. The van der Waals surface area contributed by atoms with E-state index in [4.69, 9.17) is 12.2 Å². The van der Waals surface area contributed by atoms with Crippen LogP contribution in [0.1, 0.15) is 11.1 Å². The van der Waals surface area contributed by atoms with Crippen molar-refractivity contribution in [3.8, 4) is 0 Å². The minimum Gasteiger partial charge on any atom is -0.324 e. The van der Waals surface area contributed by atoms with Gasteiger partial charge >= 0.3 is 6.18 Å². The van der Waals surface area contributed by atoms with Gasteiger partial charge in [-0.2, -0.15) is 13.2 Å². The Morgan fingerprint density at radius 1 is 1.17 bits per heavy atom. The second-order valence-corrected chi connectivity index (χ2v) is 8.50. The number of para-hydroxylation sites is 1. The van der Waals surface area contributed by atoms with Crippen LogP contribution in [0, 0.1) is 0 Å². The van der Waals surface area contributed by atoms with Crippen LogP contribution in [0.25, 0.3) is 6.08 Å². The molecule has 1 fully saturated rings. The highest BCUT2D eigenvalue weighted by molar-refractivity contribution is 9.10. The molecule has 1 N–H and O–H groups in total. The first-order valence-corrected chi connectivity index (χ1v) is 10.1. The third-order valence-corrected chi connectivity index (χ3v) is 5.76. The van der Waals surface area contributed by atoms with Crippen molar-refractivity contribution in [2.45, 2.75) is 6.18 Å². The third-order valence-electron chi connectivity index (χ3n) is 3.85. The first kappa shape index (κ1) is 21.5. The topological polar surface area (TPSA) is 49.4 Å². The molecular weight excluding hydrogens is 489 g/mol. The molecule has 0 bridgehead atoms. The van der Waals surface area contributed by atoms with Crippen molar-refractivity contribution in [1.82, 2.24) is 4.90 Å². The molecule has 0 spiro atoms. The minimum absolute atomic E-state index is 0.164. The fourth-order valence-electron chi connectivity index (χ4n) is 2.52. The summed E-state index contributed by atoms with van der Waals surface area (Å²) in [5.74, 6) is -1.25. The number of thioether (sulfide) groups is 1. The van der Waals surface area contributed by atoms with E-state index in [1.807, 2.05) is 12.1 Å². The van der Waals surface area contributed by atoms with Gasteiger partial charge < -0.3 is 5.32 Å². The van der Waals surface area contributed by atoms with E-state index in [2.05, 4.69) is 21.2 Å². The van der Waals surface area contributed by atoms with Crippen molar-refractivity contribution in [1.29, 1.82) is 0 Å². The van der Waals surface area contributed by atoms with Gasteiger partial charge in [-0.3, -0.25) is 14.5 Å². The number of thiocarbonyl (C=S) groups is 1. The quantitative estimate of drug-likeness (QED) is 0.456. The molecule has 0 unspecified atom stereocenters. The molecule has 0 saturated carbocycles. The zero-order valence-corrected chi connectivity index (χ0v) is 17.7. The molecule has 1 heterocycles. The Hall–Kier alpha value is -2.17. The maximum atomic E-state index is 13.1. The standard InChI is InChI=1S/C19H12BrF3N2O2S2/c20-12-7-5-11(6-8-12)9-15-17(27)25(18(28)29-15)10-16(26)24-14-4-2-1-3-13(14)19(21,22)23/h1-9H,10H2,(H,24,26)/b15-9-. The van der Waals surface area contributed by atoms with Crippen molar-refractivity contribution in [2.75, 3.05) is 11.9 Å². The van der Waals surface area contributed by atoms with Crippen LogP contribution in [0.2, 0.25) is 0 Å². The summed E-state index contributed by atoms with van der Waals surface area (Å²) in [5.41, 5.74) is -0.563. The largest absolute Gasteiger partial charge is 0.418 e. The molecule has 1 aliphatic rings. The van der Waals surface area contributed by atoms with E-state index in [-0.39, 0.29) is 10.0 Å². The van der Waals surface area contributed by atoms with Crippen molar-refractivity contribution < 1.29 is 22.8 Å². The summed E-state index contributed by atoms with van der Waals surface area (Å²) in [5, 5.41) is 2.21. The van der Waals surface area contributed by atoms with Crippen LogP contribution < -0.4 is 5.32 Å². The average Bonchev–Trinajstić information content (AvgIpc) is 2.90. The Balaban J connectivity index is 1.72. The smallest absolute Gasteiger partial charge is 0.324 e. The van der Waals surface area contributed by atoms with Crippen molar-refractivity contribution in [3.63, 3.8) is 0 Å². The SMILES string of the molecule is O=C(CN1C(=O)/C(=C/c2ccc(Br)cc2)SC1=S)Nc1ccccc1C(F)(F)F. The third kappa shape index (κ3) is 5.26. The van der Waals surface area contributed by atoms with E-state index in [0.717, 1.165) is 38.8 Å². The molecule has 0 atom stereocenters. The molecule has 0 aliphatic carbocycles. The number of alkyl halides is 3. The van der Waals surface area contributed by atoms with E-state index < -0.39 is 30.1 Å². The van der Waals surface area contributed by atoms with E-state index >= 15 is 0 Å². The molecule has 4 nitrogen and oxygen atoms in total. The number of nitrogens with one attached hydrogen (secondary N) is 1. The second-order valence-electron chi connectivity index (χ2n) is 5.91. The fourth-order valence-corrected chi connectivity index (χ4v) is 4.04. The van der Waals surface area contributed by atoms with Crippen molar-refractivity contribution in [3.05, 3.63) is 69.0 Å². The summed E-state index contributed by atoms with van der Waals surface area (Å²) in [6.45, 7) is -0.478. The maximum absolute atomic E-state index is 13.1. The van der Waals surface area contributed by atoms with Crippen molar-refractivity contribution >= 4 is 67.8 Å². The number of hydrogen-bond acceptors (Lipinski definition) is 4. The summed E-state index contributed by atoms with van der Waals surface area (Å²) in [7, 11) is 0. The monoisotopic (exact) mass is 500 g/mol. The number of benzene rings is 2. The van der Waals surface area contributed by atoms with Gasteiger partial charge in [0, 0.05) is 4.47 Å². The normalized spacial score (nSPS) is 15.9. The Bertz CT molecular complexity index is 1010. The summed E-state index contributed by atoms with van der Waals surface area (Å²) in [6, 6.07) is 11.9.